The predicted molar refractivity (Wildman–Crippen MR) is 176 cm³/mol. The number of thiazole rings is 1. The highest BCUT2D eigenvalue weighted by atomic mass is 35.5. The van der Waals surface area contributed by atoms with Crippen molar-refractivity contribution >= 4 is 51.9 Å². The summed E-state index contributed by atoms with van der Waals surface area (Å²) in [4.78, 5) is 50.6. The number of piperidine rings is 1. The van der Waals surface area contributed by atoms with E-state index in [-0.39, 0.29) is 11.9 Å². The van der Waals surface area contributed by atoms with Crippen LogP contribution in [0.25, 0.3) is 27.4 Å². The molecule has 238 valence electrons. The molecule has 3 amide bonds. The summed E-state index contributed by atoms with van der Waals surface area (Å²) in [5.41, 5.74) is 7.34. The van der Waals surface area contributed by atoms with E-state index in [0.29, 0.717) is 32.8 Å². The summed E-state index contributed by atoms with van der Waals surface area (Å²) < 4.78 is 7.25. The molecule has 4 N–H and O–H groups in total. The molecular formula is C32H38ClN7O4S. The first-order valence-electron chi connectivity index (χ1n) is 14.8. The number of imidazole rings is 1. The Kier molecular flexibility index (Phi) is 9.20. The Labute approximate surface area is 271 Å². The summed E-state index contributed by atoms with van der Waals surface area (Å²) in [5, 5.41) is 7.17. The third-order valence-corrected chi connectivity index (χ3v) is 8.77. The van der Waals surface area contributed by atoms with Crippen LogP contribution in [0.15, 0.2) is 48.8 Å². The van der Waals surface area contributed by atoms with Gasteiger partial charge in [0, 0.05) is 23.2 Å². The number of fused-ring (bicyclic) bond motifs is 1. The molecule has 13 heteroatoms. The van der Waals surface area contributed by atoms with Gasteiger partial charge < -0.3 is 26.0 Å². The summed E-state index contributed by atoms with van der Waals surface area (Å²) in [6.07, 6.45) is 2.59. The van der Waals surface area contributed by atoms with Crippen molar-refractivity contribution in [1.82, 2.24) is 30.1 Å². The van der Waals surface area contributed by atoms with Crippen LogP contribution < -0.4 is 16.4 Å². The topological polar surface area (TPSA) is 144 Å². The number of benzene rings is 2. The zero-order valence-corrected chi connectivity index (χ0v) is 27.6. The molecule has 0 bridgehead atoms. The van der Waals surface area contributed by atoms with E-state index < -0.39 is 23.1 Å². The highest BCUT2D eigenvalue weighted by Crippen LogP contribution is 2.33. The number of alkyl carbamates (subject to hydrolysis) is 1. The molecule has 0 saturated carbocycles. The lowest BCUT2D eigenvalue weighted by Crippen LogP contribution is -2.59. The summed E-state index contributed by atoms with van der Waals surface area (Å²) in [6, 6.07) is 12.9. The molecule has 0 radical (unpaired) electrons. The maximum absolute atomic E-state index is 14.1. The zero-order valence-electron chi connectivity index (χ0n) is 26.0. The monoisotopic (exact) mass is 651 g/mol. The van der Waals surface area contributed by atoms with Crippen LogP contribution in [0, 0.1) is 0 Å². The van der Waals surface area contributed by atoms with Crippen molar-refractivity contribution in [3.05, 3.63) is 64.3 Å². The number of carbonyl (C=O) groups excluding carboxylic acids is 3. The van der Waals surface area contributed by atoms with E-state index in [0.717, 1.165) is 42.5 Å². The van der Waals surface area contributed by atoms with Crippen molar-refractivity contribution in [1.29, 1.82) is 0 Å². The molecule has 0 unspecified atom stereocenters. The Morgan fingerprint density at radius 2 is 1.87 bits per heavy atom. The number of nitrogens with two attached hydrogens (primary N) is 1. The van der Waals surface area contributed by atoms with Crippen molar-refractivity contribution in [2.75, 3.05) is 13.1 Å². The number of hydrogen-bond acceptors (Lipinski definition) is 8. The summed E-state index contributed by atoms with van der Waals surface area (Å²) in [7, 11) is 0. The van der Waals surface area contributed by atoms with Gasteiger partial charge in [-0.25, -0.2) is 14.8 Å². The number of ether oxygens (including phenoxy) is 1. The molecule has 0 spiro atoms. The van der Waals surface area contributed by atoms with Crippen LogP contribution in [0.2, 0.25) is 5.02 Å². The second-order valence-corrected chi connectivity index (χ2v) is 14.1. The predicted octanol–water partition coefficient (Wildman–Crippen LogP) is 5.29. The molecule has 2 aromatic carbocycles. The minimum atomic E-state index is -1.21. The molecule has 5 rings (SSSR count). The number of amides is 3. The number of hydrogen-bond donors (Lipinski definition) is 3. The first kappa shape index (κ1) is 32.4. The molecular weight excluding hydrogens is 614 g/mol. The van der Waals surface area contributed by atoms with E-state index in [9.17, 15) is 14.4 Å². The summed E-state index contributed by atoms with van der Waals surface area (Å²) >= 11 is 7.38. The first-order chi connectivity index (χ1) is 21.2. The molecule has 1 fully saturated rings. The molecule has 1 aliphatic heterocycles. The van der Waals surface area contributed by atoms with Gasteiger partial charge in [-0.1, -0.05) is 41.1 Å². The molecule has 1 saturated heterocycles. The van der Waals surface area contributed by atoms with Gasteiger partial charge in [0.1, 0.15) is 22.3 Å². The van der Waals surface area contributed by atoms with Crippen molar-refractivity contribution in [3.63, 3.8) is 0 Å². The minimum Gasteiger partial charge on any atom is -0.444 e. The van der Waals surface area contributed by atoms with Crippen LogP contribution in [-0.2, 0) is 16.1 Å². The molecule has 3 heterocycles. The maximum Gasteiger partial charge on any atom is 0.408 e. The quantitative estimate of drug-likeness (QED) is 0.235. The Balaban J connectivity index is 1.48. The summed E-state index contributed by atoms with van der Waals surface area (Å²) in [5.74, 6) is -0.788. The van der Waals surface area contributed by atoms with Gasteiger partial charge in [0.25, 0.3) is 5.91 Å². The minimum absolute atomic E-state index is 0.0172. The average molecular weight is 652 g/mol. The summed E-state index contributed by atoms with van der Waals surface area (Å²) in [6.45, 7) is 10.6. The van der Waals surface area contributed by atoms with Gasteiger partial charge in [0.15, 0.2) is 5.13 Å². The van der Waals surface area contributed by atoms with Crippen LogP contribution in [0.5, 0.6) is 0 Å². The van der Waals surface area contributed by atoms with E-state index >= 15 is 0 Å². The lowest BCUT2D eigenvalue weighted by molar-refractivity contribution is -0.140. The number of primary amides is 1. The highest BCUT2D eigenvalue weighted by Gasteiger charge is 2.38. The Morgan fingerprint density at radius 1 is 1.13 bits per heavy atom. The molecule has 11 nitrogen and oxygen atoms in total. The zero-order chi connectivity index (χ0) is 32.5. The number of carbonyl (C=O) groups is 3. The average Bonchev–Trinajstić information content (AvgIpc) is 3.59. The molecule has 0 atom stereocenters. The second-order valence-electron chi connectivity index (χ2n) is 12.7. The fourth-order valence-corrected chi connectivity index (χ4v) is 6.48. The van der Waals surface area contributed by atoms with Crippen molar-refractivity contribution in [2.24, 2.45) is 5.73 Å². The van der Waals surface area contributed by atoms with Crippen LogP contribution in [0.3, 0.4) is 0 Å². The molecule has 0 aliphatic carbocycles. The van der Waals surface area contributed by atoms with E-state index in [1.54, 1.807) is 59.1 Å². The van der Waals surface area contributed by atoms with Crippen LogP contribution in [-0.4, -0.2) is 67.6 Å². The van der Waals surface area contributed by atoms with Gasteiger partial charge in [-0.2, -0.15) is 0 Å². The van der Waals surface area contributed by atoms with Crippen LogP contribution >= 0.6 is 22.9 Å². The van der Waals surface area contributed by atoms with Gasteiger partial charge in [-0.15, -0.1) is 0 Å². The standard InChI is InChI=1S/C32H38ClN7O4S/c1-31(2,3)44-30(43)38-32(4,5)28(42)39(22-11-13-35-14-12-22)17-19-9-10-23-24(15-19)40(18-36-23)29-37-25(26(45-29)27(34)41)20-7-6-8-21(33)16-20/h6-10,15-16,18,22,35H,11-14,17H2,1-5H3,(H2,34,41)(H,38,43). The molecule has 1 aliphatic rings. The third-order valence-electron chi connectivity index (χ3n) is 7.47. The fraction of sp³-hybridized carbons (Fsp3) is 0.406. The lowest BCUT2D eigenvalue weighted by Gasteiger charge is -2.39. The number of halogens is 1. The smallest absolute Gasteiger partial charge is 0.408 e. The molecule has 2 aromatic heterocycles. The van der Waals surface area contributed by atoms with E-state index in [1.165, 1.54) is 11.3 Å². The van der Waals surface area contributed by atoms with Crippen LogP contribution in [0.4, 0.5) is 4.79 Å². The van der Waals surface area contributed by atoms with E-state index in [1.807, 2.05) is 33.7 Å². The lowest BCUT2D eigenvalue weighted by atomic mass is 9.97. The second kappa shape index (κ2) is 12.8. The van der Waals surface area contributed by atoms with Crippen molar-refractivity contribution in [2.45, 2.75) is 71.2 Å². The van der Waals surface area contributed by atoms with Gasteiger partial charge in [-0.05, 0) is 90.4 Å². The highest BCUT2D eigenvalue weighted by molar-refractivity contribution is 7.16. The van der Waals surface area contributed by atoms with E-state index in [2.05, 4.69) is 15.6 Å². The fourth-order valence-electron chi connectivity index (χ4n) is 5.37. The third kappa shape index (κ3) is 7.46. The normalized spacial score (nSPS) is 14.4. The Hall–Kier alpha value is -4.00. The number of nitrogens with zero attached hydrogens (tertiary/aromatic N) is 4. The number of nitrogens with one attached hydrogen (secondary N) is 2. The molecule has 45 heavy (non-hydrogen) atoms. The number of rotatable bonds is 8. The van der Waals surface area contributed by atoms with Gasteiger partial charge >= 0.3 is 6.09 Å². The van der Waals surface area contributed by atoms with Gasteiger partial charge in [0.05, 0.1) is 16.7 Å². The maximum atomic E-state index is 14.1. The SMILES string of the molecule is CC(C)(C)OC(=O)NC(C)(C)C(=O)N(Cc1ccc2ncn(-c3nc(-c4cccc(Cl)c4)c(C(N)=O)s3)c2c1)C1CCNCC1. The van der Waals surface area contributed by atoms with E-state index in [4.69, 9.17) is 27.1 Å². The first-order valence-corrected chi connectivity index (χ1v) is 16.0. The largest absolute Gasteiger partial charge is 0.444 e. The van der Waals surface area contributed by atoms with Gasteiger partial charge in [-0.3, -0.25) is 14.2 Å². The van der Waals surface area contributed by atoms with Crippen LogP contribution in [0.1, 0.15) is 62.7 Å². The Morgan fingerprint density at radius 3 is 2.53 bits per heavy atom. The van der Waals surface area contributed by atoms with Crippen molar-refractivity contribution in [3.8, 4) is 16.4 Å². The Bertz CT molecular complexity index is 1740. The number of aromatic nitrogens is 3. The molecule has 4 aromatic rings. The van der Waals surface area contributed by atoms with Gasteiger partial charge in [0.2, 0.25) is 5.91 Å². The van der Waals surface area contributed by atoms with Crippen molar-refractivity contribution < 1.29 is 19.1 Å².